The summed E-state index contributed by atoms with van der Waals surface area (Å²) < 4.78 is 13.2. The Labute approximate surface area is 172 Å². The Balaban J connectivity index is 1.73. The van der Waals surface area contributed by atoms with Crippen LogP contribution in [0.25, 0.3) is 11.1 Å². The summed E-state index contributed by atoms with van der Waals surface area (Å²) in [4.78, 5) is 14.7. The summed E-state index contributed by atoms with van der Waals surface area (Å²) >= 11 is 0. The van der Waals surface area contributed by atoms with Crippen molar-refractivity contribution in [3.63, 3.8) is 0 Å². The fourth-order valence-corrected chi connectivity index (χ4v) is 4.45. The molecule has 1 aromatic carbocycles. The van der Waals surface area contributed by atoms with Gasteiger partial charge in [0, 0.05) is 56.1 Å². The molecular weight excluding hydrogens is 366 g/mol. The SMILES string of the molecule is COc1cc(-c2cn(C)c(=O)c(C)c2C)cc(OC)c1CN1CCNC2(CC2)C1. The summed E-state index contributed by atoms with van der Waals surface area (Å²) in [6, 6.07) is 4.14. The van der Waals surface area contributed by atoms with Gasteiger partial charge in [-0.1, -0.05) is 0 Å². The zero-order valence-corrected chi connectivity index (χ0v) is 18.1. The number of benzene rings is 1. The van der Waals surface area contributed by atoms with Gasteiger partial charge in [-0.25, -0.2) is 0 Å². The molecule has 1 aliphatic heterocycles. The van der Waals surface area contributed by atoms with Crippen LogP contribution in [0.3, 0.4) is 0 Å². The molecule has 6 heteroatoms. The number of hydrogen-bond donors (Lipinski definition) is 1. The number of ether oxygens (including phenoxy) is 2. The number of aryl methyl sites for hydroxylation is 1. The van der Waals surface area contributed by atoms with E-state index in [1.54, 1.807) is 25.8 Å². The van der Waals surface area contributed by atoms with Crippen LogP contribution >= 0.6 is 0 Å². The highest BCUT2D eigenvalue weighted by Crippen LogP contribution is 2.40. The van der Waals surface area contributed by atoms with Gasteiger partial charge in [-0.2, -0.15) is 0 Å². The van der Waals surface area contributed by atoms with Crippen molar-refractivity contribution in [3.05, 3.63) is 45.4 Å². The van der Waals surface area contributed by atoms with E-state index < -0.39 is 0 Å². The molecule has 2 heterocycles. The molecule has 1 spiro atoms. The monoisotopic (exact) mass is 397 g/mol. The smallest absolute Gasteiger partial charge is 0.253 e. The molecule has 0 atom stereocenters. The highest BCUT2D eigenvalue weighted by molar-refractivity contribution is 5.72. The van der Waals surface area contributed by atoms with Gasteiger partial charge < -0.3 is 19.4 Å². The Kier molecular flexibility index (Phi) is 5.17. The van der Waals surface area contributed by atoms with Crippen LogP contribution in [-0.4, -0.2) is 48.9 Å². The number of aromatic nitrogens is 1. The number of rotatable bonds is 5. The number of methoxy groups -OCH3 is 2. The van der Waals surface area contributed by atoms with Gasteiger partial charge in [0.1, 0.15) is 11.5 Å². The molecule has 2 aromatic rings. The van der Waals surface area contributed by atoms with E-state index >= 15 is 0 Å². The molecule has 29 heavy (non-hydrogen) atoms. The number of piperazine rings is 1. The molecule has 2 aliphatic rings. The van der Waals surface area contributed by atoms with Crippen molar-refractivity contribution >= 4 is 0 Å². The first-order valence-corrected chi connectivity index (χ1v) is 10.3. The number of hydrogen-bond acceptors (Lipinski definition) is 5. The molecule has 1 aromatic heterocycles. The summed E-state index contributed by atoms with van der Waals surface area (Å²) in [6.45, 7) is 7.80. The molecule has 1 saturated carbocycles. The summed E-state index contributed by atoms with van der Waals surface area (Å²) in [5, 5.41) is 3.66. The lowest BCUT2D eigenvalue weighted by molar-refractivity contribution is 0.178. The van der Waals surface area contributed by atoms with Crippen molar-refractivity contribution in [2.24, 2.45) is 7.05 Å². The first kappa shape index (κ1) is 20.0. The van der Waals surface area contributed by atoms with Crippen LogP contribution < -0.4 is 20.3 Å². The molecule has 4 rings (SSSR count). The van der Waals surface area contributed by atoms with Gasteiger partial charge in [-0.05, 0) is 49.9 Å². The third-order valence-electron chi connectivity index (χ3n) is 6.54. The van der Waals surface area contributed by atoms with Crippen LogP contribution in [0.15, 0.2) is 23.1 Å². The Bertz CT molecular complexity index is 967. The first-order valence-electron chi connectivity index (χ1n) is 10.3. The second-order valence-corrected chi connectivity index (χ2v) is 8.49. The van der Waals surface area contributed by atoms with Crippen molar-refractivity contribution in [1.29, 1.82) is 0 Å². The lowest BCUT2D eigenvalue weighted by Gasteiger charge is -2.34. The Morgan fingerprint density at radius 2 is 1.76 bits per heavy atom. The molecule has 1 saturated heterocycles. The molecule has 1 aliphatic carbocycles. The number of nitrogens with zero attached hydrogens (tertiary/aromatic N) is 2. The Morgan fingerprint density at radius 1 is 1.10 bits per heavy atom. The van der Waals surface area contributed by atoms with Gasteiger partial charge in [0.25, 0.3) is 5.56 Å². The van der Waals surface area contributed by atoms with Crippen LogP contribution in [-0.2, 0) is 13.6 Å². The fourth-order valence-electron chi connectivity index (χ4n) is 4.45. The van der Waals surface area contributed by atoms with E-state index in [4.69, 9.17) is 9.47 Å². The van der Waals surface area contributed by atoms with Crippen molar-refractivity contribution in [3.8, 4) is 22.6 Å². The molecule has 1 N–H and O–H groups in total. The molecule has 0 bridgehead atoms. The summed E-state index contributed by atoms with van der Waals surface area (Å²) in [5.74, 6) is 1.65. The molecule has 6 nitrogen and oxygen atoms in total. The highest BCUT2D eigenvalue weighted by Gasteiger charge is 2.45. The van der Waals surface area contributed by atoms with Crippen molar-refractivity contribution in [1.82, 2.24) is 14.8 Å². The maximum absolute atomic E-state index is 12.3. The van der Waals surface area contributed by atoms with Crippen LogP contribution in [0.2, 0.25) is 0 Å². The van der Waals surface area contributed by atoms with Crippen LogP contribution in [0.4, 0.5) is 0 Å². The average Bonchev–Trinajstić information content (AvgIpc) is 3.47. The molecule has 0 radical (unpaired) electrons. The van der Waals surface area contributed by atoms with E-state index in [0.29, 0.717) is 5.54 Å². The lowest BCUT2D eigenvalue weighted by Crippen LogP contribution is -2.52. The molecular formula is C23H31N3O3. The predicted octanol–water partition coefficient (Wildman–Crippen LogP) is 2.62. The van der Waals surface area contributed by atoms with Gasteiger partial charge in [-0.15, -0.1) is 0 Å². The highest BCUT2D eigenvalue weighted by atomic mass is 16.5. The van der Waals surface area contributed by atoms with Gasteiger partial charge >= 0.3 is 0 Å². The van der Waals surface area contributed by atoms with Gasteiger partial charge in [-0.3, -0.25) is 9.69 Å². The summed E-state index contributed by atoms with van der Waals surface area (Å²) in [5.41, 5.74) is 5.22. The second-order valence-electron chi connectivity index (χ2n) is 8.49. The third kappa shape index (κ3) is 3.67. The first-order chi connectivity index (χ1) is 13.9. The molecule has 156 valence electrons. The Hall–Kier alpha value is -2.31. The largest absolute Gasteiger partial charge is 0.496 e. The van der Waals surface area contributed by atoms with E-state index in [9.17, 15) is 4.79 Å². The van der Waals surface area contributed by atoms with E-state index in [1.165, 1.54) is 12.8 Å². The predicted molar refractivity (Wildman–Crippen MR) is 115 cm³/mol. The quantitative estimate of drug-likeness (QED) is 0.841. The van der Waals surface area contributed by atoms with Crippen LogP contribution in [0.5, 0.6) is 11.5 Å². The molecule has 0 amide bonds. The zero-order valence-electron chi connectivity index (χ0n) is 18.1. The van der Waals surface area contributed by atoms with Crippen LogP contribution in [0, 0.1) is 13.8 Å². The molecule has 2 fully saturated rings. The minimum absolute atomic E-state index is 0.0366. The molecule has 0 unspecified atom stereocenters. The van der Waals surface area contributed by atoms with Crippen molar-refractivity contribution in [2.45, 2.75) is 38.8 Å². The maximum Gasteiger partial charge on any atom is 0.253 e. The summed E-state index contributed by atoms with van der Waals surface area (Å²) in [7, 11) is 5.21. The summed E-state index contributed by atoms with van der Waals surface area (Å²) in [6.07, 6.45) is 4.43. The minimum atomic E-state index is 0.0366. The normalized spacial score (nSPS) is 18.1. The fraction of sp³-hybridized carbons (Fsp3) is 0.522. The topological polar surface area (TPSA) is 55.7 Å². The van der Waals surface area contributed by atoms with Gasteiger partial charge in [0.05, 0.1) is 19.8 Å². The second kappa shape index (κ2) is 7.50. The van der Waals surface area contributed by atoms with Gasteiger partial charge in [0.2, 0.25) is 0 Å². The maximum atomic E-state index is 12.3. The van der Waals surface area contributed by atoms with E-state index in [0.717, 1.165) is 65.5 Å². The number of nitrogens with one attached hydrogen (secondary N) is 1. The number of pyridine rings is 1. The average molecular weight is 398 g/mol. The Morgan fingerprint density at radius 3 is 2.34 bits per heavy atom. The zero-order chi connectivity index (χ0) is 20.8. The minimum Gasteiger partial charge on any atom is -0.496 e. The third-order valence-corrected chi connectivity index (χ3v) is 6.54. The van der Waals surface area contributed by atoms with Crippen molar-refractivity contribution in [2.75, 3.05) is 33.9 Å². The van der Waals surface area contributed by atoms with E-state index in [1.807, 2.05) is 20.0 Å². The van der Waals surface area contributed by atoms with Crippen molar-refractivity contribution < 1.29 is 9.47 Å². The lowest BCUT2D eigenvalue weighted by atomic mass is 9.97. The van der Waals surface area contributed by atoms with E-state index in [-0.39, 0.29) is 5.56 Å². The standard InChI is InChI=1S/C23H31N3O3/c1-15-16(2)22(27)25(3)12-18(15)17-10-20(28-4)19(21(11-17)29-5)13-26-9-8-24-23(14-26)6-7-23/h10-12,24H,6-9,13-14H2,1-5H3. The van der Waals surface area contributed by atoms with E-state index in [2.05, 4.69) is 22.3 Å². The van der Waals surface area contributed by atoms with Gasteiger partial charge in [0.15, 0.2) is 0 Å². The van der Waals surface area contributed by atoms with Crippen LogP contribution in [0.1, 0.15) is 29.5 Å².